The van der Waals surface area contributed by atoms with Gasteiger partial charge in [0.1, 0.15) is 0 Å². The largest absolute Gasteiger partial charge is 0.329 e. The number of hydrogen-bond donors (Lipinski definition) is 1. The van der Waals surface area contributed by atoms with Crippen LogP contribution in [-0.2, 0) is 0 Å². The monoisotopic (exact) mass is 266 g/mol. The Morgan fingerprint density at radius 3 is 2.42 bits per heavy atom. The first-order chi connectivity index (χ1) is 9.00. The van der Waals surface area contributed by atoms with Crippen molar-refractivity contribution >= 4 is 0 Å². The summed E-state index contributed by atoms with van der Waals surface area (Å²) in [5.41, 5.74) is 6.62. The number of nitrogens with zero attached hydrogens (tertiary/aromatic N) is 1. The molecule has 2 rings (SSSR count). The SMILES string of the molecule is CC(C)C1CCCC(CN)(N2CCCC2C(C)C)C1. The molecule has 3 atom stereocenters. The third-order valence-corrected chi connectivity index (χ3v) is 5.86. The Bertz CT molecular complexity index is 287. The van der Waals surface area contributed by atoms with E-state index >= 15 is 0 Å². The standard InChI is InChI=1S/C17H34N2/c1-13(2)15-7-5-9-17(11-15,12-18)19-10-6-8-16(19)14(3)4/h13-16H,5-12,18H2,1-4H3. The fourth-order valence-corrected chi connectivity index (χ4v) is 4.59. The smallest absolute Gasteiger partial charge is 0.0337 e. The number of likely N-dealkylation sites (tertiary alicyclic amines) is 1. The molecule has 0 spiro atoms. The molecule has 1 heterocycles. The topological polar surface area (TPSA) is 29.3 Å². The van der Waals surface area contributed by atoms with Crippen LogP contribution >= 0.6 is 0 Å². The first-order valence-electron chi connectivity index (χ1n) is 8.47. The van der Waals surface area contributed by atoms with Gasteiger partial charge in [-0.3, -0.25) is 4.90 Å². The lowest BCUT2D eigenvalue weighted by molar-refractivity contribution is 0.00397. The molecule has 2 nitrogen and oxygen atoms in total. The normalized spacial score (nSPS) is 37.4. The first-order valence-corrected chi connectivity index (χ1v) is 8.47. The van der Waals surface area contributed by atoms with E-state index < -0.39 is 0 Å². The second-order valence-corrected chi connectivity index (χ2v) is 7.68. The van der Waals surface area contributed by atoms with Gasteiger partial charge >= 0.3 is 0 Å². The summed E-state index contributed by atoms with van der Waals surface area (Å²) >= 11 is 0. The van der Waals surface area contributed by atoms with Gasteiger partial charge in [0.05, 0.1) is 0 Å². The second-order valence-electron chi connectivity index (χ2n) is 7.68. The maximum absolute atomic E-state index is 6.30. The Balaban J connectivity index is 2.17. The van der Waals surface area contributed by atoms with Crippen molar-refractivity contribution in [2.75, 3.05) is 13.1 Å². The van der Waals surface area contributed by atoms with Crippen LogP contribution in [0.2, 0.25) is 0 Å². The van der Waals surface area contributed by atoms with E-state index in [-0.39, 0.29) is 0 Å². The number of rotatable bonds is 4. The summed E-state index contributed by atoms with van der Waals surface area (Å²) in [5.74, 6) is 2.46. The van der Waals surface area contributed by atoms with Crippen molar-refractivity contribution in [3.63, 3.8) is 0 Å². The van der Waals surface area contributed by atoms with Crippen LogP contribution in [0.5, 0.6) is 0 Å². The van der Waals surface area contributed by atoms with Crippen LogP contribution in [0.15, 0.2) is 0 Å². The summed E-state index contributed by atoms with van der Waals surface area (Å²) in [6, 6.07) is 0.773. The lowest BCUT2D eigenvalue weighted by Gasteiger charge is -2.50. The molecule has 2 heteroatoms. The minimum atomic E-state index is 0.318. The van der Waals surface area contributed by atoms with E-state index in [1.807, 2.05) is 0 Å². The molecular formula is C17H34N2. The zero-order valence-corrected chi connectivity index (χ0v) is 13.5. The quantitative estimate of drug-likeness (QED) is 0.841. The van der Waals surface area contributed by atoms with Crippen LogP contribution in [0.3, 0.4) is 0 Å². The third-order valence-electron chi connectivity index (χ3n) is 5.86. The molecule has 2 aliphatic rings. The van der Waals surface area contributed by atoms with Gasteiger partial charge in [0.2, 0.25) is 0 Å². The van der Waals surface area contributed by atoms with Gasteiger partial charge in [0.25, 0.3) is 0 Å². The molecule has 0 aromatic rings. The molecule has 0 radical (unpaired) electrons. The van der Waals surface area contributed by atoms with Crippen LogP contribution in [0.1, 0.15) is 66.2 Å². The minimum absolute atomic E-state index is 0.318. The highest BCUT2D eigenvalue weighted by molar-refractivity contribution is 5.01. The molecule has 1 aliphatic carbocycles. The van der Waals surface area contributed by atoms with E-state index in [1.165, 1.54) is 45.1 Å². The highest BCUT2D eigenvalue weighted by atomic mass is 15.3. The summed E-state index contributed by atoms with van der Waals surface area (Å²) in [6.07, 6.45) is 8.21. The molecule has 1 saturated heterocycles. The molecular weight excluding hydrogens is 232 g/mol. The number of nitrogens with two attached hydrogens (primary N) is 1. The molecule has 112 valence electrons. The Labute approximate surface area is 120 Å². The predicted molar refractivity (Wildman–Crippen MR) is 83.1 cm³/mol. The van der Waals surface area contributed by atoms with Gasteiger partial charge in [0.15, 0.2) is 0 Å². The fraction of sp³-hybridized carbons (Fsp3) is 1.00. The minimum Gasteiger partial charge on any atom is -0.329 e. The van der Waals surface area contributed by atoms with Crippen molar-refractivity contribution < 1.29 is 0 Å². The molecule has 2 N–H and O–H groups in total. The molecule has 19 heavy (non-hydrogen) atoms. The molecule has 0 bridgehead atoms. The lowest BCUT2D eigenvalue weighted by Crippen LogP contribution is -2.59. The molecule has 3 unspecified atom stereocenters. The van der Waals surface area contributed by atoms with Crippen molar-refractivity contribution in [1.82, 2.24) is 4.90 Å². The Morgan fingerprint density at radius 2 is 1.84 bits per heavy atom. The molecule has 1 saturated carbocycles. The molecule has 0 amide bonds. The molecule has 1 aliphatic heterocycles. The van der Waals surface area contributed by atoms with Gasteiger partial charge < -0.3 is 5.73 Å². The van der Waals surface area contributed by atoms with Gasteiger partial charge in [-0.15, -0.1) is 0 Å². The van der Waals surface area contributed by atoms with Gasteiger partial charge in [-0.1, -0.05) is 40.5 Å². The number of hydrogen-bond acceptors (Lipinski definition) is 2. The molecule has 0 aromatic carbocycles. The Morgan fingerprint density at radius 1 is 1.11 bits per heavy atom. The summed E-state index contributed by atoms with van der Waals surface area (Å²) < 4.78 is 0. The second kappa shape index (κ2) is 6.13. The van der Waals surface area contributed by atoms with E-state index in [0.717, 1.165) is 30.3 Å². The van der Waals surface area contributed by atoms with E-state index in [2.05, 4.69) is 32.6 Å². The van der Waals surface area contributed by atoms with Crippen LogP contribution in [0.25, 0.3) is 0 Å². The Hall–Kier alpha value is -0.0800. The van der Waals surface area contributed by atoms with E-state index in [1.54, 1.807) is 0 Å². The molecule has 2 fully saturated rings. The van der Waals surface area contributed by atoms with E-state index in [9.17, 15) is 0 Å². The van der Waals surface area contributed by atoms with Gasteiger partial charge in [-0.05, 0) is 50.0 Å². The fourth-order valence-electron chi connectivity index (χ4n) is 4.59. The zero-order chi connectivity index (χ0) is 14.0. The zero-order valence-electron chi connectivity index (χ0n) is 13.5. The van der Waals surface area contributed by atoms with E-state index in [4.69, 9.17) is 5.73 Å². The van der Waals surface area contributed by atoms with Gasteiger partial charge in [0, 0.05) is 18.1 Å². The third kappa shape index (κ3) is 3.00. The summed E-state index contributed by atoms with van der Waals surface area (Å²) in [4.78, 5) is 2.83. The Kier molecular flexibility index (Phi) is 4.94. The first kappa shape index (κ1) is 15.3. The van der Waals surface area contributed by atoms with Crippen LogP contribution < -0.4 is 5.73 Å². The van der Waals surface area contributed by atoms with E-state index in [0.29, 0.717) is 5.54 Å². The highest BCUT2D eigenvalue weighted by Crippen LogP contribution is 2.43. The van der Waals surface area contributed by atoms with Crippen LogP contribution in [-0.4, -0.2) is 29.6 Å². The average molecular weight is 266 g/mol. The highest BCUT2D eigenvalue weighted by Gasteiger charge is 2.45. The van der Waals surface area contributed by atoms with Gasteiger partial charge in [-0.25, -0.2) is 0 Å². The van der Waals surface area contributed by atoms with Crippen molar-refractivity contribution in [2.24, 2.45) is 23.5 Å². The maximum Gasteiger partial charge on any atom is 0.0337 e. The van der Waals surface area contributed by atoms with Crippen LogP contribution in [0.4, 0.5) is 0 Å². The summed E-state index contributed by atoms with van der Waals surface area (Å²) in [5, 5.41) is 0. The maximum atomic E-state index is 6.30. The van der Waals surface area contributed by atoms with Crippen molar-refractivity contribution in [1.29, 1.82) is 0 Å². The van der Waals surface area contributed by atoms with Crippen LogP contribution in [0, 0.1) is 17.8 Å². The molecule has 0 aromatic heterocycles. The van der Waals surface area contributed by atoms with Crippen molar-refractivity contribution in [2.45, 2.75) is 77.8 Å². The average Bonchev–Trinajstić information content (AvgIpc) is 2.88. The lowest BCUT2D eigenvalue weighted by atomic mass is 9.70. The van der Waals surface area contributed by atoms with Gasteiger partial charge in [-0.2, -0.15) is 0 Å². The summed E-state index contributed by atoms with van der Waals surface area (Å²) in [7, 11) is 0. The van der Waals surface area contributed by atoms with Crippen molar-refractivity contribution in [3.8, 4) is 0 Å². The summed E-state index contributed by atoms with van der Waals surface area (Å²) in [6.45, 7) is 11.7. The predicted octanol–water partition coefficient (Wildman–Crippen LogP) is 3.65. The van der Waals surface area contributed by atoms with Crippen molar-refractivity contribution in [3.05, 3.63) is 0 Å².